The minimum Gasteiger partial charge on any atom is -0.371 e. The number of alkyl halides is 7. The van der Waals surface area contributed by atoms with Crippen LogP contribution in [0.4, 0.5) is 30.7 Å². The molecular weight excluding hydrogens is 269 g/mol. The molecule has 0 saturated carbocycles. The molecule has 8 heteroatoms. The summed E-state index contributed by atoms with van der Waals surface area (Å²) in [6, 6.07) is 0. The van der Waals surface area contributed by atoms with E-state index >= 15 is 0 Å². The summed E-state index contributed by atoms with van der Waals surface area (Å²) in [7, 11) is 0. The zero-order valence-electron chi connectivity index (χ0n) is 9.62. The molecule has 1 nitrogen and oxygen atoms in total. The molecular formula is C10H12F7O. The minimum atomic E-state index is -6.32. The molecule has 0 aromatic rings. The fourth-order valence-electron chi connectivity index (χ4n) is 0.913. The Morgan fingerprint density at radius 2 is 1.56 bits per heavy atom. The SMILES string of the molecule is CC[CH]OC/C=C(\C)C(F)(F)C(F)(F)C(F)(F)F. The summed E-state index contributed by atoms with van der Waals surface area (Å²) in [4.78, 5) is 0. The van der Waals surface area contributed by atoms with Crippen molar-refractivity contribution in [2.45, 2.75) is 38.3 Å². The van der Waals surface area contributed by atoms with Crippen molar-refractivity contribution in [3.63, 3.8) is 0 Å². The third-order valence-corrected chi connectivity index (χ3v) is 2.02. The fourth-order valence-corrected chi connectivity index (χ4v) is 0.913. The van der Waals surface area contributed by atoms with Crippen LogP contribution in [-0.2, 0) is 4.74 Å². The van der Waals surface area contributed by atoms with E-state index in [2.05, 4.69) is 4.74 Å². The average molecular weight is 281 g/mol. The van der Waals surface area contributed by atoms with E-state index in [-0.39, 0.29) is 0 Å². The second-order valence-electron chi connectivity index (χ2n) is 3.44. The predicted molar refractivity (Wildman–Crippen MR) is 50.2 cm³/mol. The van der Waals surface area contributed by atoms with E-state index in [1.165, 1.54) is 6.61 Å². The normalized spacial score (nSPS) is 15.1. The molecule has 0 fully saturated rings. The Bertz CT molecular complexity index is 293. The van der Waals surface area contributed by atoms with Crippen LogP contribution < -0.4 is 0 Å². The van der Waals surface area contributed by atoms with Gasteiger partial charge < -0.3 is 4.74 Å². The number of hydrogen-bond donors (Lipinski definition) is 0. The first-order valence-corrected chi connectivity index (χ1v) is 4.91. The summed E-state index contributed by atoms with van der Waals surface area (Å²) >= 11 is 0. The summed E-state index contributed by atoms with van der Waals surface area (Å²) in [6.07, 6.45) is -5.38. The van der Waals surface area contributed by atoms with E-state index in [9.17, 15) is 30.7 Å². The standard InChI is InChI=1S/C10H12F7O/c1-3-5-18-6-4-7(2)8(11,12)9(13,14)10(15,16)17/h4-5H,3,6H2,1-2H3/b7-4+. The first-order valence-electron chi connectivity index (χ1n) is 4.91. The fraction of sp³-hybridized carbons (Fsp3) is 0.700. The van der Waals surface area contributed by atoms with E-state index in [4.69, 9.17) is 0 Å². The van der Waals surface area contributed by atoms with Crippen molar-refractivity contribution in [2.75, 3.05) is 6.61 Å². The first-order chi connectivity index (χ1) is 7.98. The molecule has 0 saturated heterocycles. The number of halogens is 7. The summed E-state index contributed by atoms with van der Waals surface area (Å²) in [6.45, 7) is 2.88. The van der Waals surface area contributed by atoms with Gasteiger partial charge in [-0.05, 0) is 13.3 Å². The van der Waals surface area contributed by atoms with Crippen LogP contribution in [0.25, 0.3) is 0 Å². The molecule has 0 spiro atoms. The molecule has 0 aromatic heterocycles. The molecule has 0 atom stereocenters. The zero-order valence-corrected chi connectivity index (χ0v) is 9.62. The second-order valence-corrected chi connectivity index (χ2v) is 3.44. The van der Waals surface area contributed by atoms with E-state index in [0.717, 1.165) is 0 Å². The third kappa shape index (κ3) is 3.60. The van der Waals surface area contributed by atoms with Gasteiger partial charge in [-0.15, -0.1) is 0 Å². The van der Waals surface area contributed by atoms with Crippen molar-refractivity contribution < 1.29 is 35.5 Å². The van der Waals surface area contributed by atoms with Crippen LogP contribution in [0.5, 0.6) is 0 Å². The largest absolute Gasteiger partial charge is 0.460 e. The monoisotopic (exact) mass is 281 g/mol. The second kappa shape index (κ2) is 5.90. The number of rotatable bonds is 6. The van der Waals surface area contributed by atoms with Gasteiger partial charge >= 0.3 is 18.0 Å². The van der Waals surface area contributed by atoms with Gasteiger partial charge in [0.1, 0.15) is 0 Å². The van der Waals surface area contributed by atoms with Crippen molar-refractivity contribution in [3.8, 4) is 0 Å². The molecule has 18 heavy (non-hydrogen) atoms. The van der Waals surface area contributed by atoms with Gasteiger partial charge in [-0.2, -0.15) is 30.7 Å². The molecule has 0 aromatic carbocycles. The molecule has 0 bridgehead atoms. The Morgan fingerprint density at radius 1 is 1.06 bits per heavy atom. The van der Waals surface area contributed by atoms with Crippen molar-refractivity contribution in [3.05, 3.63) is 18.3 Å². The van der Waals surface area contributed by atoms with Gasteiger partial charge in [-0.3, -0.25) is 0 Å². The molecule has 0 aliphatic carbocycles. The van der Waals surface area contributed by atoms with Crippen molar-refractivity contribution in [1.29, 1.82) is 0 Å². The molecule has 0 rings (SSSR count). The predicted octanol–water partition coefficient (Wildman–Crippen LogP) is 4.35. The van der Waals surface area contributed by atoms with E-state index in [1.807, 2.05) is 0 Å². The maximum Gasteiger partial charge on any atom is 0.460 e. The third-order valence-electron chi connectivity index (χ3n) is 2.02. The van der Waals surface area contributed by atoms with Gasteiger partial charge in [0.25, 0.3) is 0 Å². The quantitative estimate of drug-likeness (QED) is 0.399. The summed E-state index contributed by atoms with van der Waals surface area (Å²) in [5.74, 6) is -11.4. The van der Waals surface area contributed by atoms with E-state index in [0.29, 0.717) is 19.4 Å². The highest BCUT2D eigenvalue weighted by molar-refractivity contribution is 5.16. The van der Waals surface area contributed by atoms with Gasteiger partial charge in [-0.1, -0.05) is 13.0 Å². The van der Waals surface area contributed by atoms with Crippen LogP contribution in [0.1, 0.15) is 20.3 Å². The molecule has 0 unspecified atom stereocenters. The Labute approximate surface area is 99.6 Å². The lowest BCUT2D eigenvalue weighted by atomic mass is 10.0. The number of hydrogen-bond acceptors (Lipinski definition) is 1. The van der Waals surface area contributed by atoms with Gasteiger partial charge in [0.15, 0.2) is 0 Å². The van der Waals surface area contributed by atoms with Crippen LogP contribution in [0, 0.1) is 6.61 Å². The van der Waals surface area contributed by atoms with Crippen LogP contribution in [0.3, 0.4) is 0 Å². The summed E-state index contributed by atoms with van der Waals surface area (Å²) in [5, 5.41) is 0. The summed E-state index contributed by atoms with van der Waals surface area (Å²) < 4.78 is 91.2. The molecule has 0 aliphatic heterocycles. The highest BCUT2D eigenvalue weighted by atomic mass is 19.4. The van der Waals surface area contributed by atoms with Crippen LogP contribution in [0.15, 0.2) is 11.6 Å². The van der Waals surface area contributed by atoms with Gasteiger partial charge in [0.2, 0.25) is 0 Å². The van der Waals surface area contributed by atoms with Crippen LogP contribution >= 0.6 is 0 Å². The lowest BCUT2D eigenvalue weighted by Gasteiger charge is -2.28. The maximum atomic E-state index is 13.0. The van der Waals surface area contributed by atoms with Gasteiger partial charge in [-0.25, -0.2) is 0 Å². The molecule has 0 aliphatic rings. The van der Waals surface area contributed by atoms with Crippen molar-refractivity contribution >= 4 is 0 Å². The topological polar surface area (TPSA) is 9.23 Å². The lowest BCUT2D eigenvalue weighted by molar-refractivity contribution is -0.344. The van der Waals surface area contributed by atoms with E-state index in [1.54, 1.807) is 6.92 Å². The smallest absolute Gasteiger partial charge is 0.371 e. The Hall–Kier alpha value is -0.790. The first kappa shape index (κ1) is 17.2. The minimum absolute atomic E-state index is 0.446. The van der Waals surface area contributed by atoms with Crippen LogP contribution in [-0.4, -0.2) is 24.6 Å². The molecule has 0 heterocycles. The Balaban J connectivity index is 4.91. The lowest BCUT2D eigenvalue weighted by Crippen LogP contribution is -2.52. The highest BCUT2D eigenvalue weighted by Gasteiger charge is 2.73. The Morgan fingerprint density at radius 3 is 1.94 bits per heavy atom. The zero-order chi connectivity index (χ0) is 14.6. The molecule has 1 radical (unpaired) electrons. The van der Waals surface area contributed by atoms with Gasteiger partial charge in [0.05, 0.1) is 13.2 Å². The van der Waals surface area contributed by atoms with Crippen molar-refractivity contribution in [1.82, 2.24) is 0 Å². The highest BCUT2D eigenvalue weighted by Crippen LogP contribution is 2.49. The van der Waals surface area contributed by atoms with Crippen LogP contribution in [0.2, 0.25) is 0 Å². The Kier molecular flexibility index (Phi) is 5.64. The molecule has 107 valence electrons. The summed E-state index contributed by atoms with van der Waals surface area (Å²) in [5.41, 5.74) is -1.39. The molecule has 0 N–H and O–H groups in total. The van der Waals surface area contributed by atoms with Gasteiger partial charge in [0, 0.05) is 5.57 Å². The number of ether oxygens (including phenoxy) is 1. The maximum absolute atomic E-state index is 13.0. The molecule has 0 amide bonds. The van der Waals surface area contributed by atoms with Crippen molar-refractivity contribution in [2.24, 2.45) is 0 Å². The number of allylic oxidation sites excluding steroid dienone is 1. The van der Waals surface area contributed by atoms with E-state index < -0.39 is 30.2 Å². The average Bonchev–Trinajstić information content (AvgIpc) is 2.22.